The number of ether oxygens (including phenoxy) is 1. The molecule has 1 N–H and O–H groups in total. The molecule has 0 aliphatic rings. The van der Waals surface area contributed by atoms with Crippen molar-refractivity contribution in [3.05, 3.63) is 29.8 Å². The van der Waals surface area contributed by atoms with Gasteiger partial charge in [-0.05, 0) is 31.2 Å². The second-order valence-electron chi connectivity index (χ2n) is 3.39. The lowest BCUT2D eigenvalue weighted by Crippen LogP contribution is -2.18. The van der Waals surface area contributed by atoms with E-state index < -0.39 is 10.8 Å². The zero-order valence-electron chi connectivity index (χ0n) is 9.35. The molecule has 0 spiro atoms. The number of Topliss-reactive ketones (excluding diaryl/α,β-unsaturated/α-hetero) is 1. The number of carbonyl (C=O) groups is 2. The van der Waals surface area contributed by atoms with Gasteiger partial charge < -0.3 is 9.84 Å². The molecule has 0 unspecified atom stereocenters. The van der Waals surface area contributed by atoms with E-state index in [1.807, 2.05) is 6.92 Å². The van der Waals surface area contributed by atoms with Gasteiger partial charge in [-0.25, -0.2) is 0 Å². The van der Waals surface area contributed by atoms with E-state index in [0.29, 0.717) is 17.9 Å². The van der Waals surface area contributed by atoms with Crippen molar-refractivity contribution in [2.45, 2.75) is 18.2 Å². The van der Waals surface area contributed by atoms with E-state index in [-0.39, 0.29) is 12.2 Å². The Morgan fingerprint density at radius 3 is 2.41 bits per heavy atom. The van der Waals surface area contributed by atoms with Gasteiger partial charge in [-0.15, -0.1) is 0 Å². The van der Waals surface area contributed by atoms with E-state index in [1.54, 1.807) is 24.3 Å². The maximum Gasteiger partial charge on any atom is 0.304 e. The second-order valence-corrected chi connectivity index (χ2v) is 4.49. The SMILES string of the molecule is CCOc1ccc(C(=O)[C@@H](Br)CC(=O)O)cc1. The van der Waals surface area contributed by atoms with Gasteiger partial charge in [-0.3, -0.25) is 9.59 Å². The molecule has 1 aromatic rings. The van der Waals surface area contributed by atoms with Crippen LogP contribution < -0.4 is 4.74 Å². The molecular formula is C12H13BrO4. The summed E-state index contributed by atoms with van der Waals surface area (Å²) < 4.78 is 5.25. The molecule has 0 fully saturated rings. The molecule has 1 atom stereocenters. The zero-order chi connectivity index (χ0) is 12.8. The number of aliphatic carboxylic acids is 1. The Labute approximate surface area is 108 Å². The standard InChI is InChI=1S/C12H13BrO4/c1-2-17-9-5-3-8(4-6-9)12(16)10(13)7-11(14)15/h3-6,10H,2,7H2,1H3,(H,14,15)/t10-/m0/s1. The quantitative estimate of drug-likeness (QED) is 0.648. The highest BCUT2D eigenvalue weighted by Gasteiger charge is 2.19. The van der Waals surface area contributed by atoms with Crippen molar-refractivity contribution >= 4 is 27.7 Å². The van der Waals surface area contributed by atoms with Crippen molar-refractivity contribution in [2.24, 2.45) is 0 Å². The molecule has 0 saturated heterocycles. The van der Waals surface area contributed by atoms with Gasteiger partial charge in [-0.1, -0.05) is 15.9 Å². The molecule has 0 radical (unpaired) electrons. The summed E-state index contributed by atoms with van der Waals surface area (Å²) in [4.78, 5) is 21.6. The molecule has 0 heterocycles. The Kier molecular flexibility index (Phi) is 5.15. The van der Waals surface area contributed by atoms with Crippen molar-refractivity contribution in [1.29, 1.82) is 0 Å². The number of carboxylic acid groups (broad SMARTS) is 1. The maximum atomic E-state index is 11.8. The lowest BCUT2D eigenvalue weighted by Gasteiger charge is -2.07. The van der Waals surface area contributed by atoms with Crippen LogP contribution in [0.4, 0.5) is 0 Å². The minimum atomic E-state index is -1.01. The summed E-state index contributed by atoms with van der Waals surface area (Å²) in [7, 11) is 0. The average Bonchev–Trinajstić information content (AvgIpc) is 2.28. The summed E-state index contributed by atoms with van der Waals surface area (Å²) >= 11 is 3.07. The first-order chi connectivity index (χ1) is 8.04. The van der Waals surface area contributed by atoms with E-state index in [2.05, 4.69) is 15.9 Å². The van der Waals surface area contributed by atoms with Gasteiger partial charge in [0.1, 0.15) is 5.75 Å². The average molecular weight is 301 g/mol. The predicted molar refractivity (Wildman–Crippen MR) is 66.9 cm³/mol. The van der Waals surface area contributed by atoms with Gasteiger partial charge in [0.05, 0.1) is 17.9 Å². The third-order valence-electron chi connectivity index (χ3n) is 2.09. The first-order valence-corrected chi connectivity index (χ1v) is 6.09. The fourth-order valence-electron chi connectivity index (χ4n) is 1.31. The van der Waals surface area contributed by atoms with Crippen LogP contribution in [-0.2, 0) is 4.79 Å². The van der Waals surface area contributed by atoms with Gasteiger partial charge in [0.25, 0.3) is 0 Å². The number of hydrogen-bond donors (Lipinski definition) is 1. The Hall–Kier alpha value is -1.36. The monoisotopic (exact) mass is 300 g/mol. The topological polar surface area (TPSA) is 63.6 Å². The van der Waals surface area contributed by atoms with Crippen LogP contribution in [0.1, 0.15) is 23.7 Å². The minimum Gasteiger partial charge on any atom is -0.494 e. The van der Waals surface area contributed by atoms with Crippen molar-refractivity contribution in [3.8, 4) is 5.75 Å². The number of benzene rings is 1. The molecular weight excluding hydrogens is 288 g/mol. The summed E-state index contributed by atoms with van der Waals surface area (Å²) in [6, 6.07) is 6.64. The summed E-state index contributed by atoms with van der Waals surface area (Å²) in [5.74, 6) is -0.560. The summed E-state index contributed by atoms with van der Waals surface area (Å²) in [5, 5.41) is 8.59. The van der Waals surface area contributed by atoms with Gasteiger partial charge in [-0.2, -0.15) is 0 Å². The van der Waals surface area contributed by atoms with Crippen LogP contribution in [-0.4, -0.2) is 28.3 Å². The Morgan fingerprint density at radius 2 is 1.94 bits per heavy atom. The molecule has 1 rings (SSSR count). The predicted octanol–water partition coefficient (Wildman–Crippen LogP) is 2.51. The number of carbonyl (C=O) groups excluding carboxylic acids is 1. The lowest BCUT2D eigenvalue weighted by atomic mass is 10.1. The highest BCUT2D eigenvalue weighted by Crippen LogP contribution is 2.17. The molecule has 5 heteroatoms. The summed E-state index contributed by atoms with van der Waals surface area (Å²) in [5.41, 5.74) is 0.469. The Morgan fingerprint density at radius 1 is 1.35 bits per heavy atom. The molecule has 0 saturated carbocycles. The van der Waals surface area contributed by atoms with E-state index in [0.717, 1.165) is 0 Å². The summed E-state index contributed by atoms with van der Waals surface area (Å²) in [6.07, 6.45) is -0.230. The number of alkyl halides is 1. The lowest BCUT2D eigenvalue weighted by molar-refractivity contribution is -0.136. The highest BCUT2D eigenvalue weighted by atomic mass is 79.9. The number of ketones is 1. The molecule has 4 nitrogen and oxygen atoms in total. The fourth-order valence-corrected chi connectivity index (χ4v) is 1.85. The van der Waals surface area contributed by atoms with Gasteiger partial charge >= 0.3 is 5.97 Å². The van der Waals surface area contributed by atoms with Crippen LogP contribution in [0.15, 0.2) is 24.3 Å². The Balaban J connectivity index is 2.72. The zero-order valence-corrected chi connectivity index (χ0v) is 10.9. The molecule has 17 heavy (non-hydrogen) atoms. The summed E-state index contributed by atoms with van der Waals surface area (Å²) in [6.45, 7) is 2.44. The second kappa shape index (κ2) is 6.39. The largest absolute Gasteiger partial charge is 0.494 e. The number of halogens is 1. The molecule has 1 aromatic carbocycles. The van der Waals surface area contributed by atoms with Crippen molar-refractivity contribution in [1.82, 2.24) is 0 Å². The van der Waals surface area contributed by atoms with Crippen molar-refractivity contribution < 1.29 is 19.4 Å². The molecule has 0 aliphatic carbocycles. The number of carboxylic acids is 1. The maximum absolute atomic E-state index is 11.8. The highest BCUT2D eigenvalue weighted by molar-refractivity contribution is 9.10. The fraction of sp³-hybridized carbons (Fsp3) is 0.333. The number of hydrogen-bond acceptors (Lipinski definition) is 3. The van der Waals surface area contributed by atoms with E-state index in [9.17, 15) is 9.59 Å². The van der Waals surface area contributed by atoms with Crippen molar-refractivity contribution in [2.75, 3.05) is 6.61 Å². The van der Waals surface area contributed by atoms with Gasteiger partial charge in [0, 0.05) is 5.56 Å². The molecule has 0 bridgehead atoms. The van der Waals surface area contributed by atoms with Crippen LogP contribution in [0.25, 0.3) is 0 Å². The first-order valence-electron chi connectivity index (χ1n) is 5.17. The van der Waals surface area contributed by atoms with E-state index >= 15 is 0 Å². The van der Waals surface area contributed by atoms with Gasteiger partial charge in [0.2, 0.25) is 0 Å². The molecule has 0 aromatic heterocycles. The van der Waals surface area contributed by atoms with Crippen LogP contribution in [0, 0.1) is 0 Å². The third-order valence-corrected chi connectivity index (χ3v) is 2.83. The number of rotatable bonds is 6. The Bertz CT molecular complexity index is 399. The third kappa shape index (κ3) is 4.19. The minimum absolute atomic E-state index is 0.230. The molecule has 92 valence electrons. The van der Waals surface area contributed by atoms with E-state index in [1.165, 1.54) is 0 Å². The molecule has 0 aliphatic heterocycles. The first kappa shape index (κ1) is 13.7. The van der Waals surface area contributed by atoms with Crippen LogP contribution in [0.3, 0.4) is 0 Å². The normalized spacial score (nSPS) is 11.9. The van der Waals surface area contributed by atoms with E-state index in [4.69, 9.17) is 9.84 Å². The van der Waals surface area contributed by atoms with Crippen LogP contribution >= 0.6 is 15.9 Å². The molecule has 0 amide bonds. The van der Waals surface area contributed by atoms with Gasteiger partial charge in [0.15, 0.2) is 5.78 Å². The van der Waals surface area contributed by atoms with Crippen molar-refractivity contribution in [3.63, 3.8) is 0 Å². The smallest absolute Gasteiger partial charge is 0.304 e. The van der Waals surface area contributed by atoms with Crippen LogP contribution in [0.5, 0.6) is 5.75 Å². The van der Waals surface area contributed by atoms with Crippen LogP contribution in [0.2, 0.25) is 0 Å².